The average Bonchev–Trinajstić information content (AvgIpc) is 3.42. The fourth-order valence-corrected chi connectivity index (χ4v) is 9.27. The van der Waals surface area contributed by atoms with E-state index in [1.807, 2.05) is 0 Å². The average molecular weight is 1060 g/mol. The van der Waals surface area contributed by atoms with Crippen LogP contribution in [0, 0.1) is 0 Å². The van der Waals surface area contributed by atoms with Gasteiger partial charge in [0.1, 0.15) is 13.2 Å². The first kappa shape index (κ1) is 72.6. The van der Waals surface area contributed by atoms with Crippen molar-refractivity contribution in [2.45, 2.75) is 329 Å². The molecule has 0 aliphatic carbocycles. The lowest BCUT2D eigenvalue weighted by molar-refractivity contribution is -0.167. The van der Waals surface area contributed by atoms with E-state index in [-0.39, 0.29) is 31.1 Å². The van der Waals surface area contributed by atoms with Crippen molar-refractivity contribution in [3.63, 3.8) is 0 Å². The van der Waals surface area contributed by atoms with Crippen LogP contribution in [0.2, 0.25) is 0 Å². The van der Waals surface area contributed by atoms with Crippen LogP contribution < -0.4 is 0 Å². The Morgan fingerprint density at radius 1 is 0.276 bits per heavy atom. The molecule has 438 valence electrons. The molecule has 0 amide bonds. The summed E-state index contributed by atoms with van der Waals surface area (Å²) in [5, 5.41) is 0. The van der Waals surface area contributed by atoms with E-state index in [2.05, 4.69) is 106 Å². The molecule has 76 heavy (non-hydrogen) atoms. The minimum atomic E-state index is -0.782. The molecule has 0 heterocycles. The van der Waals surface area contributed by atoms with Crippen LogP contribution in [0.4, 0.5) is 0 Å². The quantitative estimate of drug-likeness (QED) is 0.0261. The van der Waals surface area contributed by atoms with Gasteiger partial charge >= 0.3 is 17.9 Å². The standard InChI is InChI=1S/C70H122O6/c1-4-7-10-13-16-19-22-25-27-29-31-33-35-37-39-41-43-45-48-51-54-57-60-63-69(72)75-66-67(65-74-68(71)62-59-56-53-50-47-24-21-18-15-12-9-6-3)76-70(73)64-61-58-55-52-49-46-44-42-40-38-36-34-32-30-28-26-23-20-17-14-11-8-5-2/h7,10,16,19,23,25-27,30-33,36,38,67H,4-6,8-9,11-15,17-18,20-22,24,28-29,34-35,37,39-66H2,1-3H3/b10-7-,19-16-,26-23-,27-25-,32-30-,33-31-,38-36-. The Labute approximate surface area is 471 Å². The molecule has 6 heteroatoms. The second kappa shape index (κ2) is 64.1. The summed E-state index contributed by atoms with van der Waals surface area (Å²) in [6, 6.07) is 0. The maximum Gasteiger partial charge on any atom is 0.306 e. The lowest BCUT2D eigenvalue weighted by Gasteiger charge is -2.18. The predicted octanol–water partition coefficient (Wildman–Crippen LogP) is 22.3. The van der Waals surface area contributed by atoms with Crippen LogP contribution in [0.25, 0.3) is 0 Å². The van der Waals surface area contributed by atoms with E-state index >= 15 is 0 Å². The number of unbranched alkanes of at least 4 members (excludes halogenated alkanes) is 34. The van der Waals surface area contributed by atoms with Gasteiger partial charge in [0.25, 0.3) is 0 Å². The maximum atomic E-state index is 12.9. The van der Waals surface area contributed by atoms with Crippen molar-refractivity contribution >= 4 is 17.9 Å². The highest BCUT2D eigenvalue weighted by Gasteiger charge is 2.19. The number of ether oxygens (including phenoxy) is 3. The van der Waals surface area contributed by atoms with Crippen LogP contribution in [0.5, 0.6) is 0 Å². The zero-order chi connectivity index (χ0) is 55.0. The van der Waals surface area contributed by atoms with Crippen molar-refractivity contribution in [1.82, 2.24) is 0 Å². The predicted molar refractivity (Wildman–Crippen MR) is 330 cm³/mol. The van der Waals surface area contributed by atoms with Crippen molar-refractivity contribution in [2.75, 3.05) is 13.2 Å². The first-order chi connectivity index (χ1) is 37.5. The molecule has 0 rings (SSSR count). The van der Waals surface area contributed by atoms with Gasteiger partial charge in [-0.3, -0.25) is 14.4 Å². The van der Waals surface area contributed by atoms with Crippen molar-refractivity contribution in [3.8, 4) is 0 Å². The molecule has 0 N–H and O–H groups in total. The largest absolute Gasteiger partial charge is 0.462 e. The molecule has 0 aromatic rings. The third-order valence-corrected chi connectivity index (χ3v) is 14.1. The van der Waals surface area contributed by atoms with Crippen molar-refractivity contribution in [3.05, 3.63) is 85.1 Å². The lowest BCUT2D eigenvalue weighted by Crippen LogP contribution is -2.30. The number of allylic oxidation sites excluding steroid dienone is 14. The molecule has 0 radical (unpaired) electrons. The van der Waals surface area contributed by atoms with E-state index in [0.717, 1.165) is 103 Å². The maximum absolute atomic E-state index is 12.9. The van der Waals surface area contributed by atoms with Crippen LogP contribution in [-0.2, 0) is 28.6 Å². The zero-order valence-electron chi connectivity index (χ0n) is 50.3. The van der Waals surface area contributed by atoms with E-state index in [0.29, 0.717) is 19.3 Å². The Balaban J connectivity index is 4.32. The minimum Gasteiger partial charge on any atom is -0.462 e. The number of carbonyl (C=O) groups is 3. The van der Waals surface area contributed by atoms with Crippen LogP contribution >= 0.6 is 0 Å². The molecule has 0 bridgehead atoms. The highest BCUT2D eigenvalue weighted by Crippen LogP contribution is 2.16. The van der Waals surface area contributed by atoms with Crippen LogP contribution in [0.3, 0.4) is 0 Å². The molecule has 1 atom stereocenters. The number of carbonyl (C=O) groups excluding carboxylic acids is 3. The second-order valence-corrected chi connectivity index (χ2v) is 21.6. The Morgan fingerprint density at radius 3 is 0.803 bits per heavy atom. The summed E-state index contributed by atoms with van der Waals surface area (Å²) < 4.78 is 16.9. The van der Waals surface area contributed by atoms with Gasteiger partial charge in [0.15, 0.2) is 6.10 Å². The molecule has 0 saturated heterocycles. The van der Waals surface area contributed by atoms with Crippen LogP contribution in [0.15, 0.2) is 85.1 Å². The summed E-state index contributed by atoms with van der Waals surface area (Å²) in [5.74, 6) is -0.876. The number of rotatable bonds is 59. The molecule has 0 aromatic carbocycles. The monoisotopic (exact) mass is 1060 g/mol. The molecule has 1 unspecified atom stereocenters. The fourth-order valence-electron chi connectivity index (χ4n) is 9.27. The molecule has 0 saturated carbocycles. The molecular formula is C70H122O6. The fraction of sp³-hybridized carbons (Fsp3) is 0.757. The first-order valence-corrected chi connectivity index (χ1v) is 32.6. The summed E-state index contributed by atoms with van der Waals surface area (Å²) in [7, 11) is 0. The minimum absolute atomic E-state index is 0.0779. The van der Waals surface area contributed by atoms with Gasteiger partial charge in [0, 0.05) is 19.3 Å². The Morgan fingerprint density at radius 2 is 0.513 bits per heavy atom. The van der Waals surface area contributed by atoms with Gasteiger partial charge in [0.2, 0.25) is 0 Å². The second-order valence-electron chi connectivity index (χ2n) is 21.6. The molecule has 0 spiro atoms. The van der Waals surface area contributed by atoms with Gasteiger partial charge in [-0.15, -0.1) is 0 Å². The number of esters is 3. The summed E-state index contributed by atoms with van der Waals surface area (Å²) >= 11 is 0. The highest BCUT2D eigenvalue weighted by atomic mass is 16.6. The summed E-state index contributed by atoms with van der Waals surface area (Å²) in [6.07, 6.45) is 84.4. The third-order valence-electron chi connectivity index (χ3n) is 14.1. The Kier molecular flexibility index (Phi) is 61.2. The van der Waals surface area contributed by atoms with Crippen molar-refractivity contribution in [1.29, 1.82) is 0 Å². The zero-order valence-corrected chi connectivity index (χ0v) is 50.3. The molecule has 6 nitrogen and oxygen atoms in total. The van der Waals surface area contributed by atoms with Gasteiger partial charge in [0.05, 0.1) is 0 Å². The molecule has 0 fully saturated rings. The van der Waals surface area contributed by atoms with E-state index in [9.17, 15) is 14.4 Å². The van der Waals surface area contributed by atoms with E-state index < -0.39 is 6.10 Å². The molecule has 0 aliphatic rings. The van der Waals surface area contributed by atoms with Crippen LogP contribution in [0.1, 0.15) is 323 Å². The van der Waals surface area contributed by atoms with Gasteiger partial charge in [-0.05, 0) is 96.3 Å². The van der Waals surface area contributed by atoms with Gasteiger partial charge in [-0.2, -0.15) is 0 Å². The van der Waals surface area contributed by atoms with Gasteiger partial charge in [-0.25, -0.2) is 0 Å². The lowest BCUT2D eigenvalue weighted by atomic mass is 10.0. The number of hydrogen-bond donors (Lipinski definition) is 0. The topological polar surface area (TPSA) is 78.9 Å². The SMILES string of the molecule is CC/C=C\C/C=C\C/C=C\C/C=C\CCCCCCCCCCCCC(=O)OCC(COC(=O)CCCCCCCCCCCCCC)OC(=O)CCCCCCCCCC/C=C\C/C=C\C/C=C\CCCCCCC. The molecular weight excluding hydrogens is 937 g/mol. The Bertz CT molecular complexity index is 1450. The van der Waals surface area contributed by atoms with Crippen LogP contribution in [-0.4, -0.2) is 37.2 Å². The van der Waals surface area contributed by atoms with E-state index in [4.69, 9.17) is 14.2 Å². The highest BCUT2D eigenvalue weighted by molar-refractivity contribution is 5.71. The van der Waals surface area contributed by atoms with E-state index in [1.54, 1.807) is 0 Å². The molecule has 0 aliphatic heterocycles. The normalized spacial score (nSPS) is 12.6. The third kappa shape index (κ3) is 61.4. The number of hydrogen-bond acceptors (Lipinski definition) is 6. The summed E-state index contributed by atoms with van der Waals surface area (Å²) in [6.45, 7) is 6.54. The van der Waals surface area contributed by atoms with Gasteiger partial charge < -0.3 is 14.2 Å². The molecule has 0 aromatic heterocycles. The van der Waals surface area contributed by atoms with Crippen molar-refractivity contribution in [2.24, 2.45) is 0 Å². The summed E-state index contributed by atoms with van der Waals surface area (Å²) in [4.78, 5) is 38.3. The van der Waals surface area contributed by atoms with E-state index in [1.165, 1.54) is 180 Å². The Hall–Kier alpha value is -3.41. The van der Waals surface area contributed by atoms with Crippen molar-refractivity contribution < 1.29 is 28.6 Å². The summed E-state index contributed by atoms with van der Waals surface area (Å²) in [5.41, 5.74) is 0. The first-order valence-electron chi connectivity index (χ1n) is 32.6. The van der Waals surface area contributed by atoms with Gasteiger partial charge in [-0.1, -0.05) is 292 Å². The smallest absolute Gasteiger partial charge is 0.306 e.